The third-order valence-corrected chi connectivity index (χ3v) is 6.12. The highest BCUT2D eigenvalue weighted by Gasteiger charge is 2.20. The van der Waals surface area contributed by atoms with Gasteiger partial charge in [-0.15, -0.1) is 11.3 Å². The van der Waals surface area contributed by atoms with Gasteiger partial charge in [0.15, 0.2) is 0 Å². The van der Waals surface area contributed by atoms with Gasteiger partial charge in [0.05, 0.1) is 17.1 Å². The van der Waals surface area contributed by atoms with Gasteiger partial charge < -0.3 is 10.6 Å². The fraction of sp³-hybridized carbons (Fsp3) is 0.286. The van der Waals surface area contributed by atoms with Gasteiger partial charge in [-0.1, -0.05) is 6.92 Å². The molecule has 4 rings (SSSR count). The quantitative estimate of drug-likeness (QED) is 0.696. The molecule has 0 fully saturated rings. The number of aromatic nitrogens is 2. The standard InChI is InChI=1S/C21H22N4O2S/c1-14-3-8-18-15(11-14)12-19(28-18)21(27)22-13-20(26)24-16-4-6-17(7-5-16)25-10-2-9-23-25/h2,4-7,9-10,12,14H,3,8,11,13H2,1H3,(H,22,27)(H,24,26). The first-order chi connectivity index (χ1) is 13.6. The van der Waals surface area contributed by atoms with Crippen molar-refractivity contribution in [2.45, 2.75) is 26.2 Å². The van der Waals surface area contributed by atoms with Crippen molar-refractivity contribution in [2.75, 3.05) is 11.9 Å². The van der Waals surface area contributed by atoms with Crippen LogP contribution >= 0.6 is 11.3 Å². The normalized spacial score (nSPS) is 15.7. The molecule has 3 aromatic rings. The van der Waals surface area contributed by atoms with Crippen molar-refractivity contribution in [1.82, 2.24) is 15.1 Å². The van der Waals surface area contributed by atoms with Gasteiger partial charge >= 0.3 is 0 Å². The zero-order chi connectivity index (χ0) is 19.5. The molecule has 0 saturated carbocycles. The number of thiophene rings is 1. The number of amides is 2. The van der Waals surface area contributed by atoms with Crippen LogP contribution in [0.5, 0.6) is 0 Å². The van der Waals surface area contributed by atoms with Crippen molar-refractivity contribution in [3.8, 4) is 5.69 Å². The molecule has 1 unspecified atom stereocenters. The second-order valence-corrected chi connectivity index (χ2v) is 8.27. The van der Waals surface area contributed by atoms with Crippen molar-refractivity contribution >= 4 is 28.8 Å². The van der Waals surface area contributed by atoms with Crippen LogP contribution in [0.4, 0.5) is 5.69 Å². The highest BCUT2D eigenvalue weighted by Crippen LogP contribution is 2.32. The van der Waals surface area contributed by atoms with Gasteiger partial charge in [0, 0.05) is 23.0 Å². The average molecular weight is 395 g/mol. The van der Waals surface area contributed by atoms with Crippen LogP contribution in [0.2, 0.25) is 0 Å². The number of fused-ring (bicyclic) bond motifs is 1. The Bertz CT molecular complexity index is 977. The monoisotopic (exact) mass is 394 g/mol. The van der Waals surface area contributed by atoms with Crippen LogP contribution in [0.25, 0.3) is 5.69 Å². The molecule has 1 atom stereocenters. The van der Waals surface area contributed by atoms with E-state index in [1.807, 2.05) is 42.6 Å². The lowest BCUT2D eigenvalue weighted by Gasteiger charge is -2.16. The predicted molar refractivity (Wildman–Crippen MR) is 110 cm³/mol. The summed E-state index contributed by atoms with van der Waals surface area (Å²) in [4.78, 5) is 26.5. The van der Waals surface area contributed by atoms with Crippen molar-refractivity contribution in [3.63, 3.8) is 0 Å². The fourth-order valence-corrected chi connectivity index (χ4v) is 4.51. The predicted octanol–water partition coefficient (Wildman–Crippen LogP) is 3.43. The molecule has 6 nitrogen and oxygen atoms in total. The molecule has 0 radical (unpaired) electrons. The van der Waals surface area contributed by atoms with Gasteiger partial charge in [0.2, 0.25) is 5.91 Å². The minimum absolute atomic E-state index is 0.0568. The number of carbonyl (C=O) groups is 2. The largest absolute Gasteiger partial charge is 0.342 e. The summed E-state index contributed by atoms with van der Waals surface area (Å²) < 4.78 is 1.74. The molecular formula is C21H22N4O2S. The summed E-state index contributed by atoms with van der Waals surface area (Å²) in [6.45, 7) is 2.19. The van der Waals surface area contributed by atoms with Gasteiger partial charge in [0.1, 0.15) is 0 Å². The zero-order valence-electron chi connectivity index (χ0n) is 15.6. The van der Waals surface area contributed by atoms with E-state index in [0.717, 1.165) is 18.5 Å². The summed E-state index contributed by atoms with van der Waals surface area (Å²) >= 11 is 1.55. The van der Waals surface area contributed by atoms with E-state index in [0.29, 0.717) is 16.5 Å². The Balaban J connectivity index is 1.30. The van der Waals surface area contributed by atoms with E-state index in [1.54, 1.807) is 22.2 Å². The zero-order valence-corrected chi connectivity index (χ0v) is 16.5. The lowest BCUT2D eigenvalue weighted by molar-refractivity contribution is -0.115. The first-order valence-corrected chi connectivity index (χ1v) is 10.2. The maximum atomic E-state index is 12.4. The Hall–Kier alpha value is -2.93. The molecular weight excluding hydrogens is 372 g/mol. The van der Waals surface area contributed by atoms with Crippen LogP contribution in [0.3, 0.4) is 0 Å². The molecule has 1 aliphatic carbocycles. The van der Waals surface area contributed by atoms with Crippen molar-refractivity contribution < 1.29 is 9.59 Å². The lowest BCUT2D eigenvalue weighted by atomic mass is 9.90. The third-order valence-electron chi connectivity index (χ3n) is 4.88. The molecule has 2 heterocycles. The first kappa shape index (κ1) is 18.4. The van der Waals surface area contributed by atoms with Gasteiger partial charge in [-0.25, -0.2) is 4.68 Å². The minimum atomic E-state index is -0.255. The van der Waals surface area contributed by atoms with E-state index >= 15 is 0 Å². The van der Waals surface area contributed by atoms with Crippen molar-refractivity contribution in [2.24, 2.45) is 5.92 Å². The van der Waals surface area contributed by atoms with E-state index in [4.69, 9.17) is 0 Å². The van der Waals surface area contributed by atoms with Gasteiger partial charge in [0.25, 0.3) is 5.91 Å². The third kappa shape index (κ3) is 4.14. The highest BCUT2D eigenvalue weighted by atomic mass is 32.1. The topological polar surface area (TPSA) is 76.0 Å². The molecule has 0 saturated heterocycles. The molecule has 144 valence electrons. The Labute approximate surface area is 167 Å². The Morgan fingerprint density at radius 3 is 2.86 bits per heavy atom. The second-order valence-electron chi connectivity index (χ2n) is 7.14. The molecule has 0 aliphatic heterocycles. The maximum absolute atomic E-state index is 12.4. The van der Waals surface area contributed by atoms with Crippen LogP contribution in [0, 0.1) is 5.92 Å². The summed E-state index contributed by atoms with van der Waals surface area (Å²) in [6.07, 6.45) is 6.82. The van der Waals surface area contributed by atoms with E-state index in [1.165, 1.54) is 16.9 Å². The molecule has 28 heavy (non-hydrogen) atoms. The van der Waals surface area contributed by atoms with Crippen LogP contribution in [0.1, 0.15) is 33.5 Å². The van der Waals surface area contributed by atoms with E-state index in [9.17, 15) is 9.59 Å². The fourth-order valence-electron chi connectivity index (χ4n) is 3.39. The summed E-state index contributed by atoms with van der Waals surface area (Å²) in [5, 5.41) is 9.68. The van der Waals surface area contributed by atoms with Crippen LogP contribution < -0.4 is 10.6 Å². The Kier molecular flexibility index (Phi) is 5.25. The molecule has 2 amide bonds. The van der Waals surface area contributed by atoms with Crippen LogP contribution in [-0.4, -0.2) is 28.1 Å². The number of benzene rings is 1. The summed E-state index contributed by atoms with van der Waals surface area (Å²) in [6, 6.07) is 11.2. The van der Waals surface area contributed by atoms with E-state index < -0.39 is 0 Å². The van der Waals surface area contributed by atoms with Gasteiger partial charge in [-0.05, 0) is 67.1 Å². The number of hydrogen-bond acceptors (Lipinski definition) is 4. The van der Waals surface area contributed by atoms with Gasteiger partial charge in [-0.3, -0.25) is 9.59 Å². The van der Waals surface area contributed by atoms with E-state index in [2.05, 4.69) is 22.7 Å². The van der Waals surface area contributed by atoms with Crippen molar-refractivity contribution in [3.05, 3.63) is 64.1 Å². The molecule has 0 spiro atoms. The van der Waals surface area contributed by atoms with Crippen LogP contribution in [0.15, 0.2) is 48.8 Å². The smallest absolute Gasteiger partial charge is 0.261 e. The maximum Gasteiger partial charge on any atom is 0.261 e. The highest BCUT2D eigenvalue weighted by molar-refractivity contribution is 7.14. The Morgan fingerprint density at radius 2 is 2.11 bits per heavy atom. The van der Waals surface area contributed by atoms with Crippen LogP contribution in [-0.2, 0) is 17.6 Å². The second kappa shape index (κ2) is 7.98. The number of carbonyl (C=O) groups excluding carboxylic acids is 2. The number of hydrogen-bond donors (Lipinski definition) is 2. The Morgan fingerprint density at radius 1 is 1.29 bits per heavy atom. The number of aryl methyl sites for hydroxylation is 1. The molecule has 1 aromatic carbocycles. The summed E-state index contributed by atoms with van der Waals surface area (Å²) in [5.41, 5.74) is 2.87. The molecule has 7 heteroatoms. The number of rotatable bonds is 5. The van der Waals surface area contributed by atoms with Gasteiger partial charge in [-0.2, -0.15) is 5.10 Å². The number of nitrogens with zero attached hydrogens (tertiary/aromatic N) is 2. The number of nitrogens with one attached hydrogen (secondary N) is 2. The van der Waals surface area contributed by atoms with Crippen molar-refractivity contribution in [1.29, 1.82) is 0 Å². The summed E-state index contributed by atoms with van der Waals surface area (Å²) in [7, 11) is 0. The average Bonchev–Trinajstić information content (AvgIpc) is 3.36. The summed E-state index contributed by atoms with van der Waals surface area (Å²) in [5.74, 6) is 0.231. The van der Waals surface area contributed by atoms with E-state index in [-0.39, 0.29) is 18.4 Å². The minimum Gasteiger partial charge on any atom is -0.342 e. The molecule has 1 aliphatic rings. The molecule has 2 aromatic heterocycles. The first-order valence-electron chi connectivity index (χ1n) is 9.38. The SMILES string of the molecule is CC1CCc2sc(C(=O)NCC(=O)Nc3ccc(-n4cccn4)cc3)cc2C1. The molecule has 2 N–H and O–H groups in total. The lowest BCUT2D eigenvalue weighted by Crippen LogP contribution is -2.32. The number of anilines is 1. The molecule has 0 bridgehead atoms.